The molecule has 0 spiro atoms. The number of esters is 1. The molecule has 0 aromatic heterocycles. The van der Waals surface area contributed by atoms with Crippen molar-refractivity contribution in [2.45, 2.75) is 58.2 Å². The highest BCUT2D eigenvalue weighted by atomic mass is 28.4. The zero-order chi connectivity index (χ0) is 19.5. The van der Waals surface area contributed by atoms with Crippen LogP contribution in [0.5, 0.6) is 0 Å². The Labute approximate surface area is 162 Å². The zero-order valence-electron chi connectivity index (χ0n) is 16.5. The molecule has 0 aliphatic carbocycles. The first-order chi connectivity index (χ1) is 12.8. The monoisotopic (exact) mass is 384 g/mol. The summed E-state index contributed by atoms with van der Waals surface area (Å²) >= 11 is 0. The molecule has 2 atom stereocenters. The van der Waals surface area contributed by atoms with Crippen LogP contribution in [0.25, 0.3) is 0 Å². The second kappa shape index (κ2) is 7.96. The van der Waals surface area contributed by atoms with E-state index in [0.717, 1.165) is 0 Å². The van der Waals surface area contributed by atoms with E-state index in [2.05, 4.69) is 69.3 Å². The molecule has 3 rings (SSSR count). The van der Waals surface area contributed by atoms with Gasteiger partial charge in [0.05, 0.1) is 0 Å². The summed E-state index contributed by atoms with van der Waals surface area (Å²) in [4.78, 5) is 11.3. The smallest absolute Gasteiger partial charge is 0.304 e. The number of ether oxygens (including phenoxy) is 2. The fraction of sp³-hybridized carbons (Fsp3) is 0.409. The summed E-state index contributed by atoms with van der Waals surface area (Å²) < 4.78 is 18.0. The van der Waals surface area contributed by atoms with Crippen molar-refractivity contribution in [2.24, 2.45) is 0 Å². The second-order valence-corrected chi connectivity index (χ2v) is 12.2. The van der Waals surface area contributed by atoms with Gasteiger partial charge in [-0.05, 0) is 15.4 Å². The molecule has 1 aliphatic rings. The molecule has 1 fully saturated rings. The average Bonchev–Trinajstić information content (AvgIpc) is 3.06. The van der Waals surface area contributed by atoms with Crippen molar-refractivity contribution in [3.63, 3.8) is 0 Å². The summed E-state index contributed by atoms with van der Waals surface area (Å²) in [5.74, 6) is -0.328. The highest BCUT2D eigenvalue weighted by molar-refractivity contribution is 6.99. The maximum absolute atomic E-state index is 11.3. The standard InChI is InChI=1S/C22H28O4Si/c1-17(23)24-20-15-16-21(25-20)26-27(22(2,3)4,18-11-7-5-8-12-18)19-13-9-6-10-14-19/h5-14,20-21H,15-16H2,1-4H3/t20?,21-/m1/s1. The van der Waals surface area contributed by atoms with E-state index < -0.39 is 14.6 Å². The van der Waals surface area contributed by atoms with E-state index in [-0.39, 0.29) is 17.3 Å². The van der Waals surface area contributed by atoms with E-state index in [0.29, 0.717) is 12.8 Å². The molecule has 0 saturated carbocycles. The SMILES string of the molecule is CC(=O)OC1CC[C@@H](O[Si](c2ccccc2)(c2ccccc2)C(C)(C)C)O1. The van der Waals surface area contributed by atoms with E-state index in [1.54, 1.807) is 0 Å². The summed E-state index contributed by atoms with van der Waals surface area (Å²) in [6.07, 6.45) is 0.455. The van der Waals surface area contributed by atoms with Gasteiger partial charge in [0.25, 0.3) is 8.32 Å². The molecule has 0 amide bonds. The Kier molecular flexibility index (Phi) is 5.84. The molecule has 1 unspecified atom stereocenters. The first-order valence-electron chi connectivity index (χ1n) is 9.44. The van der Waals surface area contributed by atoms with Crippen LogP contribution in [0.1, 0.15) is 40.5 Å². The van der Waals surface area contributed by atoms with Crippen molar-refractivity contribution in [1.29, 1.82) is 0 Å². The summed E-state index contributed by atoms with van der Waals surface area (Å²) in [5.41, 5.74) is 0. The molecule has 0 radical (unpaired) electrons. The number of hydrogen-bond acceptors (Lipinski definition) is 4. The second-order valence-electron chi connectivity index (χ2n) is 7.96. The zero-order valence-corrected chi connectivity index (χ0v) is 17.5. The van der Waals surface area contributed by atoms with Gasteiger partial charge in [0.1, 0.15) is 0 Å². The highest BCUT2D eigenvalue weighted by Gasteiger charge is 2.52. The van der Waals surface area contributed by atoms with E-state index in [1.807, 2.05) is 12.1 Å². The third kappa shape index (κ3) is 4.15. The molecule has 5 heteroatoms. The normalized spacial score (nSPS) is 20.4. The molecular formula is C22H28O4Si. The Morgan fingerprint density at radius 2 is 1.41 bits per heavy atom. The summed E-state index contributed by atoms with van der Waals surface area (Å²) in [5, 5.41) is 2.31. The van der Waals surface area contributed by atoms with Gasteiger partial charge in [0.15, 0.2) is 6.29 Å². The Morgan fingerprint density at radius 3 is 1.85 bits per heavy atom. The van der Waals surface area contributed by atoms with Gasteiger partial charge in [0.2, 0.25) is 6.29 Å². The Bertz CT molecular complexity index is 715. The Hall–Kier alpha value is -1.95. The highest BCUT2D eigenvalue weighted by Crippen LogP contribution is 2.39. The fourth-order valence-electron chi connectivity index (χ4n) is 3.82. The lowest BCUT2D eigenvalue weighted by molar-refractivity contribution is -0.190. The van der Waals surface area contributed by atoms with Gasteiger partial charge in [-0.1, -0.05) is 81.4 Å². The molecule has 0 N–H and O–H groups in total. The molecule has 0 bridgehead atoms. The third-order valence-electron chi connectivity index (χ3n) is 4.96. The lowest BCUT2D eigenvalue weighted by Gasteiger charge is -2.44. The summed E-state index contributed by atoms with van der Waals surface area (Å²) in [7, 11) is -2.65. The molecule has 1 aliphatic heterocycles. The van der Waals surface area contributed by atoms with Gasteiger partial charge < -0.3 is 13.9 Å². The molecular weight excluding hydrogens is 356 g/mol. The van der Waals surface area contributed by atoms with Crippen LogP contribution in [-0.4, -0.2) is 26.9 Å². The Morgan fingerprint density at radius 1 is 0.926 bits per heavy atom. The number of rotatable bonds is 5. The van der Waals surface area contributed by atoms with Crippen molar-refractivity contribution in [3.05, 3.63) is 60.7 Å². The lowest BCUT2D eigenvalue weighted by atomic mass is 10.2. The van der Waals surface area contributed by atoms with Crippen molar-refractivity contribution in [1.82, 2.24) is 0 Å². The summed E-state index contributed by atoms with van der Waals surface area (Å²) in [6.45, 7) is 8.10. The fourth-order valence-corrected chi connectivity index (χ4v) is 8.41. The average molecular weight is 385 g/mol. The molecule has 2 aromatic carbocycles. The topological polar surface area (TPSA) is 44.8 Å². The van der Waals surface area contributed by atoms with Crippen LogP contribution >= 0.6 is 0 Å². The van der Waals surface area contributed by atoms with Crippen LogP contribution in [0.15, 0.2) is 60.7 Å². The molecule has 27 heavy (non-hydrogen) atoms. The molecule has 2 aromatic rings. The first kappa shape index (κ1) is 19.8. The van der Waals surface area contributed by atoms with Crippen LogP contribution in [0, 0.1) is 0 Å². The maximum atomic E-state index is 11.3. The van der Waals surface area contributed by atoms with Crippen molar-refractivity contribution >= 4 is 24.7 Å². The van der Waals surface area contributed by atoms with E-state index in [9.17, 15) is 4.79 Å². The molecule has 1 saturated heterocycles. The molecule has 1 heterocycles. The van der Waals surface area contributed by atoms with Gasteiger partial charge in [-0.3, -0.25) is 4.79 Å². The lowest BCUT2D eigenvalue weighted by Crippen LogP contribution is -2.67. The largest absolute Gasteiger partial charge is 0.436 e. The van der Waals surface area contributed by atoms with Crippen LogP contribution in [0.2, 0.25) is 5.04 Å². The minimum Gasteiger partial charge on any atom is -0.436 e. The van der Waals surface area contributed by atoms with E-state index >= 15 is 0 Å². The maximum Gasteiger partial charge on any atom is 0.304 e. The summed E-state index contributed by atoms with van der Waals surface area (Å²) in [6, 6.07) is 20.9. The van der Waals surface area contributed by atoms with Crippen LogP contribution in [0.4, 0.5) is 0 Å². The van der Waals surface area contributed by atoms with Crippen molar-refractivity contribution < 1.29 is 18.7 Å². The van der Waals surface area contributed by atoms with E-state index in [1.165, 1.54) is 17.3 Å². The van der Waals surface area contributed by atoms with Gasteiger partial charge in [0, 0.05) is 19.8 Å². The number of benzene rings is 2. The number of hydrogen-bond donors (Lipinski definition) is 0. The predicted molar refractivity (Wildman–Crippen MR) is 108 cm³/mol. The van der Waals surface area contributed by atoms with Crippen LogP contribution in [-0.2, 0) is 18.7 Å². The number of carbonyl (C=O) groups is 1. The van der Waals surface area contributed by atoms with Crippen molar-refractivity contribution in [3.8, 4) is 0 Å². The minimum absolute atomic E-state index is 0.113. The number of carbonyl (C=O) groups excluding carboxylic acids is 1. The van der Waals surface area contributed by atoms with Gasteiger partial charge in [-0.15, -0.1) is 0 Å². The van der Waals surface area contributed by atoms with Crippen LogP contribution in [0.3, 0.4) is 0 Å². The molecule has 4 nitrogen and oxygen atoms in total. The Balaban J connectivity index is 2.01. The first-order valence-corrected chi connectivity index (χ1v) is 11.4. The van der Waals surface area contributed by atoms with Gasteiger partial charge in [-0.25, -0.2) is 0 Å². The molecule has 144 valence electrons. The minimum atomic E-state index is -2.65. The van der Waals surface area contributed by atoms with Crippen LogP contribution < -0.4 is 10.4 Å². The van der Waals surface area contributed by atoms with Gasteiger partial charge >= 0.3 is 5.97 Å². The quantitative estimate of drug-likeness (QED) is 0.584. The van der Waals surface area contributed by atoms with E-state index in [4.69, 9.17) is 13.9 Å². The third-order valence-corrected chi connectivity index (χ3v) is 9.99. The van der Waals surface area contributed by atoms with Gasteiger partial charge in [-0.2, -0.15) is 0 Å². The predicted octanol–water partition coefficient (Wildman–Crippen LogP) is 3.59. The van der Waals surface area contributed by atoms with Crippen molar-refractivity contribution in [2.75, 3.05) is 0 Å².